The predicted octanol–water partition coefficient (Wildman–Crippen LogP) is 3.95. The van der Waals surface area contributed by atoms with Gasteiger partial charge in [-0.15, -0.1) is 0 Å². The SMILES string of the molecule is CNC(=C(C#N)c1ccc(Cl)cc1)c1ccccc1. The van der Waals surface area contributed by atoms with E-state index in [9.17, 15) is 5.26 Å². The largest absolute Gasteiger partial charge is 0.387 e. The number of hydrogen-bond acceptors (Lipinski definition) is 2. The fourth-order valence-corrected chi connectivity index (χ4v) is 2.03. The summed E-state index contributed by atoms with van der Waals surface area (Å²) in [6, 6.07) is 19.3. The van der Waals surface area contributed by atoms with Crippen LogP contribution in [-0.4, -0.2) is 7.05 Å². The van der Waals surface area contributed by atoms with Crippen molar-refractivity contribution >= 4 is 22.9 Å². The van der Waals surface area contributed by atoms with Gasteiger partial charge in [-0.05, 0) is 23.3 Å². The standard InChI is InChI=1S/C16H13ClN2/c1-19-16(13-5-3-2-4-6-13)15(11-18)12-7-9-14(17)10-8-12/h2-10,19H,1H3. The minimum absolute atomic E-state index is 0.602. The molecule has 0 fully saturated rings. The Morgan fingerprint density at radius 3 is 2.16 bits per heavy atom. The lowest BCUT2D eigenvalue weighted by molar-refractivity contribution is 1.13. The summed E-state index contributed by atoms with van der Waals surface area (Å²) in [5, 5.41) is 13.2. The van der Waals surface area contributed by atoms with Crippen LogP contribution < -0.4 is 5.32 Å². The summed E-state index contributed by atoms with van der Waals surface area (Å²) in [4.78, 5) is 0. The highest BCUT2D eigenvalue weighted by molar-refractivity contribution is 6.30. The maximum absolute atomic E-state index is 9.43. The van der Waals surface area contributed by atoms with Gasteiger partial charge in [0.2, 0.25) is 0 Å². The average molecular weight is 269 g/mol. The van der Waals surface area contributed by atoms with Gasteiger partial charge in [-0.25, -0.2) is 0 Å². The summed E-state index contributed by atoms with van der Waals surface area (Å²) in [5.41, 5.74) is 3.24. The first-order chi connectivity index (χ1) is 9.26. The molecule has 0 aromatic heterocycles. The van der Waals surface area contributed by atoms with Crippen molar-refractivity contribution in [1.82, 2.24) is 5.32 Å². The van der Waals surface area contributed by atoms with Crippen LogP contribution in [0.25, 0.3) is 11.3 Å². The van der Waals surface area contributed by atoms with Crippen molar-refractivity contribution in [3.05, 3.63) is 70.7 Å². The van der Waals surface area contributed by atoms with Gasteiger partial charge >= 0.3 is 0 Å². The molecule has 0 amide bonds. The van der Waals surface area contributed by atoms with E-state index in [0.717, 1.165) is 16.8 Å². The molecular formula is C16H13ClN2. The Bertz CT molecular complexity index is 622. The van der Waals surface area contributed by atoms with Crippen LogP contribution in [0.4, 0.5) is 0 Å². The van der Waals surface area contributed by atoms with Crippen LogP contribution in [0.2, 0.25) is 5.02 Å². The van der Waals surface area contributed by atoms with Gasteiger partial charge in [0.25, 0.3) is 0 Å². The van der Waals surface area contributed by atoms with E-state index in [1.165, 1.54) is 0 Å². The topological polar surface area (TPSA) is 35.8 Å². The zero-order valence-electron chi connectivity index (χ0n) is 10.5. The van der Waals surface area contributed by atoms with Crippen LogP contribution in [0, 0.1) is 11.3 Å². The molecule has 19 heavy (non-hydrogen) atoms. The van der Waals surface area contributed by atoms with Gasteiger partial charge in [-0.3, -0.25) is 0 Å². The highest BCUT2D eigenvalue weighted by Crippen LogP contribution is 2.24. The van der Waals surface area contributed by atoms with Crippen molar-refractivity contribution in [2.75, 3.05) is 7.05 Å². The average Bonchev–Trinajstić information content (AvgIpc) is 2.47. The number of benzene rings is 2. The number of allylic oxidation sites excluding steroid dienone is 1. The van der Waals surface area contributed by atoms with Crippen molar-refractivity contribution in [3.63, 3.8) is 0 Å². The molecule has 3 heteroatoms. The molecule has 0 aliphatic heterocycles. The van der Waals surface area contributed by atoms with Gasteiger partial charge in [-0.2, -0.15) is 5.26 Å². The molecular weight excluding hydrogens is 256 g/mol. The number of rotatable bonds is 3. The summed E-state index contributed by atoms with van der Waals surface area (Å²) < 4.78 is 0. The lowest BCUT2D eigenvalue weighted by Gasteiger charge is -2.10. The second-order valence-electron chi connectivity index (χ2n) is 3.98. The molecule has 0 saturated heterocycles. The highest BCUT2D eigenvalue weighted by atomic mass is 35.5. The molecule has 0 unspecified atom stereocenters. The highest BCUT2D eigenvalue weighted by Gasteiger charge is 2.09. The third-order valence-electron chi connectivity index (χ3n) is 2.81. The smallest absolute Gasteiger partial charge is 0.102 e. The first-order valence-corrected chi connectivity index (χ1v) is 6.27. The summed E-state index contributed by atoms with van der Waals surface area (Å²) in [7, 11) is 1.82. The molecule has 0 spiro atoms. The summed E-state index contributed by atoms with van der Waals surface area (Å²) in [6.07, 6.45) is 0. The molecule has 0 aliphatic rings. The van der Waals surface area contributed by atoms with E-state index in [-0.39, 0.29) is 0 Å². The van der Waals surface area contributed by atoms with Crippen LogP contribution in [0.1, 0.15) is 11.1 Å². The Labute approximate surface area is 118 Å². The fraction of sp³-hybridized carbons (Fsp3) is 0.0625. The van der Waals surface area contributed by atoms with Crippen LogP contribution in [0.3, 0.4) is 0 Å². The molecule has 0 aliphatic carbocycles. The molecule has 2 rings (SSSR count). The van der Waals surface area contributed by atoms with Crippen LogP contribution in [0.5, 0.6) is 0 Å². The first kappa shape index (κ1) is 13.2. The van der Waals surface area contributed by atoms with Gasteiger partial charge in [0.1, 0.15) is 6.07 Å². The van der Waals surface area contributed by atoms with Gasteiger partial charge in [0.15, 0.2) is 0 Å². The first-order valence-electron chi connectivity index (χ1n) is 5.89. The molecule has 0 saturated carbocycles. The van der Waals surface area contributed by atoms with E-state index in [1.54, 1.807) is 12.1 Å². The molecule has 0 heterocycles. The zero-order chi connectivity index (χ0) is 13.7. The molecule has 0 bridgehead atoms. The molecule has 0 radical (unpaired) electrons. The Morgan fingerprint density at radius 1 is 1.00 bits per heavy atom. The summed E-state index contributed by atoms with van der Waals surface area (Å²) in [5.74, 6) is 0. The second kappa shape index (κ2) is 6.08. The van der Waals surface area contributed by atoms with E-state index in [1.807, 2.05) is 49.5 Å². The normalized spacial score (nSPS) is 11.4. The van der Waals surface area contributed by atoms with Crippen molar-refractivity contribution in [2.24, 2.45) is 0 Å². The van der Waals surface area contributed by atoms with E-state index in [0.29, 0.717) is 10.6 Å². The molecule has 0 atom stereocenters. The van der Waals surface area contributed by atoms with Crippen molar-refractivity contribution in [1.29, 1.82) is 5.26 Å². The van der Waals surface area contributed by atoms with Gasteiger partial charge < -0.3 is 5.32 Å². The molecule has 2 nitrogen and oxygen atoms in total. The van der Waals surface area contributed by atoms with Crippen molar-refractivity contribution < 1.29 is 0 Å². The third kappa shape index (κ3) is 2.96. The number of nitrogens with zero attached hydrogens (tertiary/aromatic N) is 1. The number of hydrogen-bond donors (Lipinski definition) is 1. The van der Waals surface area contributed by atoms with E-state index in [2.05, 4.69) is 11.4 Å². The Kier molecular flexibility index (Phi) is 4.22. The Balaban J connectivity index is 2.57. The molecule has 2 aromatic carbocycles. The third-order valence-corrected chi connectivity index (χ3v) is 3.06. The lowest BCUT2D eigenvalue weighted by Crippen LogP contribution is -2.07. The van der Waals surface area contributed by atoms with Gasteiger partial charge in [-0.1, -0.05) is 54.1 Å². The van der Waals surface area contributed by atoms with Crippen LogP contribution in [0.15, 0.2) is 54.6 Å². The molecule has 1 N–H and O–H groups in total. The summed E-state index contributed by atoms with van der Waals surface area (Å²) in [6.45, 7) is 0. The van der Waals surface area contributed by atoms with Gasteiger partial charge in [0, 0.05) is 12.1 Å². The van der Waals surface area contributed by atoms with Crippen molar-refractivity contribution in [3.8, 4) is 6.07 Å². The van der Waals surface area contributed by atoms with E-state index < -0.39 is 0 Å². The van der Waals surface area contributed by atoms with E-state index >= 15 is 0 Å². The lowest BCUT2D eigenvalue weighted by atomic mass is 10.0. The maximum atomic E-state index is 9.43. The quantitative estimate of drug-likeness (QED) is 0.676. The molecule has 94 valence electrons. The Morgan fingerprint density at radius 2 is 1.63 bits per heavy atom. The number of nitrogens with one attached hydrogen (secondary N) is 1. The van der Waals surface area contributed by atoms with Crippen LogP contribution >= 0.6 is 11.6 Å². The number of halogens is 1. The minimum Gasteiger partial charge on any atom is -0.387 e. The number of nitriles is 1. The predicted molar refractivity (Wildman–Crippen MR) is 79.4 cm³/mol. The van der Waals surface area contributed by atoms with Crippen LogP contribution in [-0.2, 0) is 0 Å². The zero-order valence-corrected chi connectivity index (χ0v) is 11.3. The monoisotopic (exact) mass is 268 g/mol. The fourth-order valence-electron chi connectivity index (χ4n) is 1.90. The van der Waals surface area contributed by atoms with E-state index in [4.69, 9.17) is 11.6 Å². The maximum Gasteiger partial charge on any atom is 0.102 e. The second-order valence-corrected chi connectivity index (χ2v) is 4.42. The van der Waals surface area contributed by atoms with Gasteiger partial charge in [0.05, 0.1) is 11.3 Å². The minimum atomic E-state index is 0.602. The van der Waals surface area contributed by atoms with Crippen molar-refractivity contribution in [2.45, 2.75) is 0 Å². The summed E-state index contributed by atoms with van der Waals surface area (Å²) >= 11 is 5.88. The molecule has 2 aromatic rings. The Hall–Kier alpha value is -2.24.